The molecule has 0 fully saturated rings. The van der Waals surface area contributed by atoms with Gasteiger partial charge < -0.3 is 28.7 Å². The number of rotatable bonds is 11. The average Bonchev–Trinajstić information content (AvgIpc) is 3.79. The molecule has 0 aromatic heterocycles. The lowest BCUT2D eigenvalue weighted by Crippen LogP contribution is -2.43. The average molecular weight is 791 g/mol. The summed E-state index contributed by atoms with van der Waals surface area (Å²) in [7, 11) is -1.39. The van der Waals surface area contributed by atoms with E-state index in [1.54, 1.807) is 38.6 Å². The number of carbonyl (C=O) groups excluding carboxylic acids is 2. The predicted octanol–water partition coefficient (Wildman–Crippen LogP) is 7.44. The fraction of sp³-hybridized carbons (Fsp3) is 0.333. The molecule has 4 aliphatic rings. The summed E-state index contributed by atoms with van der Waals surface area (Å²) in [5.74, 6) is 1.88. The Bertz CT molecular complexity index is 2400. The monoisotopic (exact) mass is 790 g/mol. The van der Waals surface area contributed by atoms with Crippen molar-refractivity contribution in [3.63, 3.8) is 0 Å². The smallest absolute Gasteiger partial charge is 0.270 e. The molecule has 3 atom stereocenters. The van der Waals surface area contributed by atoms with Crippen molar-refractivity contribution in [2.24, 2.45) is 0 Å². The van der Waals surface area contributed by atoms with Crippen LogP contribution in [0, 0.1) is 13.8 Å². The number of methoxy groups -OCH3 is 2. The first-order valence-corrected chi connectivity index (χ1v) is 20.8. The molecule has 0 bridgehead atoms. The Kier molecular flexibility index (Phi) is 10.3. The molecule has 8 rings (SSSR count). The number of nitrogens with zero attached hydrogens (tertiary/aromatic N) is 2. The number of hydrogen-bond acceptors (Lipinski definition) is 8. The molecule has 0 saturated carbocycles. The van der Waals surface area contributed by atoms with E-state index >= 15 is 0 Å². The third-order valence-electron chi connectivity index (χ3n) is 11.6. The van der Waals surface area contributed by atoms with E-state index in [9.17, 15) is 22.6 Å². The van der Waals surface area contributed by atoms with Crippen LogP contribution in [-0.2, 0) is 23.0 Å². The van der Waals surface area contributed by atoms with Gasteiger partial charge in [0, 0.05) is 36.0 Å². The second kappa shape index (κ2) is 15.4. The van der Waals surface area contributed by atoms with Gasteiger partial charge in [0.25, 0.3) is 21.9 Å². The quantitative estimate of drug-likeness (QED) is 0.122. The largest absolute Gasteiger partial charge is 0.497 e. The lowest BCUT2D eigenvalue weighted by atomic mass is 9.96. The van der Waals surface area contributed by atoms with E-state index in [0.717, 1.165) is 47.1 Å². The van der Waals surface area contributed by atoms with Gasteiger partial charge in [-0.1, -0.05) is 42.0 Å². The number of ether oxygens (including phenoxy) is 4. The summed E-state index contributed by atoms with van der Waals surface area (Å²) in [6.45, 7) is 4.51. The zero-order valence-electron chi connectivity index (χ0n) is 32.5. The highest BCUT2D eigenvalue weighted by Gasteiger charge is 2.45. The summed E-state index contributed by atoms with van der Waals surface area (Å²) in [6, 6.07) is 22.2. The highest BCUT2D eigenvalue weighted by Crippen LogP contribution is 2.41. The maximum atomic E-state index is 14.0. The minimum absolute atomic E-state index is 0.0382. The molecule has 12 heteroatoms. The molecule has 4 aromatic rings. The van der Waals surface area contributed by atoms with Crippen LogP contribution in [-0.4, -0.2) is 79.4 Å². The third-order valence-corrected chi connectivity index (χ3v) is 12.9. The van der Waals surface area contributed by atoms with Gasteiger partial charge in [-0.25, -0.2) is 0 Å². The zero-order valence-corrected chi connectivity index (χ0v) is 33.3. The molecule has 2 amide bonds. The molecule has 1 unspecified atom stereocenters. The fourth-order valence-corrected chi connectivity index (χ4v) is 9.49. The maximum absolute atomic E-state index is 14.0. The van der Waals surface area contributed by atoms with Crippen LogP contribution in [0.15, 0.2) is 85.2 Å². The highest BCUT2D eigenvalue weighted by molar-refractivity contribution is 7.86. The van der Waals surface area contributed by atoms with Crippen LogP contribution in [0.3, 0.4) is 0 Å². The van der Waals surface area contributed by atoms with Crippen molar-refractivity contribution in [3.05, 3.63) is 130 Å². The van der Waals surface area contributed by atoms with Gasteiger partial charge >= 0.3 is 0 Å². The van der Waals surface area contributed by atoms with Gasteiger partial charge in [-0.05, 0) is 121 Å². The highest BCUT2D eigenvalue weighted by atomic mass is 32.2. The summed E-state index contributed by atoms with van der Waals surface area (Å²) in [5, 5.41) is -1.23. The van der Waals surface area contributed by atoms with E-state index in [4.69, 9.17) is 18.9 Å². The number of fused-ring (bicyclic) bond motifs is 4. The first-order chi connectivity index (χ1) is 27.4. The molecule has 4 aromatic carbocycles. The number of hydrogen-bond donors (Lipinski definition) is 1. The maximum Gasteiger partial charge on any atom is 0.270 e. The Morgan fingerprint density at radius 3 is 2.00 bits per heavy atom. The van der Waals surface area contributed by atoms with Crippen LogP contribution in [0.1, 0.15) is 79.8 Å². The predicted molar refractivity (Wildman–Crippen MR) is 216 cm³/mol. The van der Waals surface area contributed by atoms with Crippen molar-refractivity contribution < 1.29 is 41.5 Å². The molecule has 296 valence electrons. The zero-order chi connectivity index (χ0) is 40.0. The Labute approximate surface area is 333 Å². The second-order valence-electron chi connectivity index (χ2n) is 15.2. The Hall–Kier alpha value is -5.59. The van der Waals surface area contributed by atoms with Crippen LogP contribution in [0.4, 0.5) is 0 Å². The molecule has 0 radical (unpaired) electrons. The van der Waals surface area contributed by atoms with Crippen LogP contribution >= 0.6 is 0 Å². The van der Waals surface area contributed by atoms with Crippen molar-refractivity contribution in [2.45, 2.75) is 69.7 Å². The van der Waals surface area contributed by atoms with Crippen LogP contribution in [0.5, 0.6) is 23.0 Å². The van der Waals surface area contributed by atoms with Crippen molar-refractivity contribution in [2.75, 3.05) is 27.4 Å². The molecule has 1 N–H and O–H groups in total. The Balaban J connectivity index is 0.931. The van der Waals surface area contributed by atoms with Gasteiger partial charge in [0.2, 0.25) is 0 Å². The van der Waals surface area contributed by atoms with Gasteiger partial charge in [0.1, 0.15) is 16.7 Å². The van der Waals surface area contributed by atoms with Gasteiger partial charge in [0.15, 0.2) is 11.5 Å². The topological polar surface area (TPSA) is 132 Å². The number of benzene rings is 4. The molecule has 0 spiro atoms. The molecule has 0 aliphatic carbocycles. The minimum atomic E-state index is -4.53. The number of carbonyl (C=O) groups is 2. The second-order valence-corrected chi connectivity index (χ2v) is 16.9. The van der Waals surface area contributed by atoms with Gasteiger partial charge in [-0.2, -0.15) is 8.42 Å². The first kappa shape index (κ1) is 38.3. The molecule has 4 heterocycles. The lowest BCUT2D eigenvalue weighted by molar-refractivity contribution is 0.0780. The Morgan fingerprint density at radius 1 is 0.702 bits per heavy atom. The normalized spacial score (nSPS) is 20.1. The van der Waals surface area contributed by atoms with E-state index < -0.39 is 21.4 Å². The van der Waals surface area contributed by atoms with E-state index in [-0.39, 0.29) is 37.3 Å². The van der Waals surface area contributed by atoms with Crippen molar-refractivity contribution in [1.29, 1.82) is 0 Å². The first-order valence-electron chi connectivity index (χ1n) is 19.3. The lowest BCUT2D eigenvalue weighted by Gasteiger charge is -2.26. The summed E-state index contributed by atoms with van der Waals surface area (Å²) in [6.07, 6.45) is 6.82. The molecule has 4 aliphatic heterocycles. The summed E-state index contributed by atoms with van der Waals surface area (Å²) in [4.78, 5) is 31.1. The standard InChI is InChI=1S/C45H46N2O9S/c1-27-6-8-29(9-7-27)33-19-35-13-10-31-21-42(41(54-4)24-38(31)44(48)46(35)25-33)56-17-5-16-55-40-22-32-23-43(57(50,51)52)39-20-34(30-11-14-36(53-3)15-12-30)26-47(39)45(49)37(32)18-28(40)2/h6-9,11-12,14-15,18,21-22,24-26,35,39,43H,5,10,13,16-17,19-20,23H2,1-4H3,(H,50,51,52)/t35-,39+,43?/m1/s1. The van der Waals surface area contributed by atoms with E-state index in [2.05, 4.69) is 31.2 Å². The van der Waals surface area contributed by atoms with Crippen molar-refractivity contribution >= 4 is 33.1 Å². The van der Waals surface area contributed by atoms with Gasteiger partial charge in [0.05, 0.1) is 33.5 Å². The van der Waals surface area contributed by atoms with E-state index in [1.807, 2.05) is 48.4 Å². The molecule has 57 heavy (non-hydrogen) atoms. The van der Waals surface area contributed by atoms with Crippen LogP contribution in [0.25, 0.3) is 11.1 Å². The van der Waals surface area contributed by atoms with Gasteiger partial charge in [-0.15, -0.1) is 0 Å². The number of amides is 2. The molecular formula is C45H46N2O9S. The SMILES string of the molecule is COc1ccc(C2=CN3C(=O)c4cc(C)c(OCCCOc5cc6c(cc5OC)C(=O)N5C=C(c7ccc(C)cc7)C[C@H]5CC6)cc4CC(S(=O)(=O)O)[C@@H]3C2)cc1. The van der Waals surface area contributed by atoms with Gasteiger partial charge in [-0.3, -0.25) is 14.1 Å². The van der Waals surface area contributed by atoms with Crippen LogP contribution < -0.4 is 18.9 Å². The number of aryl methyl sites for hydroxylation is 3. The minimum Gasteiger partial charge on any atom is -0.497 e. The molecular weight excluding hydrogens is 745 g/mol. The van der Waals surface area contributed by atoms with E-state index in [0.29, 0.717) is 52.7 Å². The van der Waals surface area contributed by atoms with E-state index in [1.165, 1.54) is 16.0 Å². The van der Waals surface area contributed by atoms with Crippen molar-refractivity contribution in [3.8, 4) is 23.0 Å². The summed E-state index contributed by atoms with van der Waals surface area (Å²) in [5.41, 5.74) is 8.30. The van der Waals surface area contributed by atoms with Crippen molar-refractivity contribution in [1.82, 2.24) is 9.80 Å². The van der Waals surface area contributed by atoms with Crippen LogP contribution in [0.2, 0.25) is 0 Å². The fourth-order valence-electron chi connectivity index (χ4n) is 8.48. The summed E-state index contributed by atoms with van der Waals surface area (Å²) < 4.78 is 59.3. The third kappa shape index (κ3) is 7.51. The summed E-state index contributed by atoms with van der Waals surface area (Å²) >= 11 is 0. The molecule has 11 nitrogen and oxygen atoms in total. The Morgan fingerprint density at radius 2 is 1.32 bits per heavy atom. The molecule has 0 saturated heterocycles.